The molecule has 1 rings (SSSR count). The predicted molar refractivity (Wildman–Crippen MR) is 72.1 cm³/mol. The van der Waals surface area contributed by atoms with E-state index in [4.69, 9.17) is 4.42 Å². The van der Waals surface area contributed by atoms with E-state index < -0.39 is 0 Å². The van der Waals surface area contributed by atoms with E-state index in [0.717, 1.165) is 18.7 Å². The lowest BCUT2D eigenvalue weighted by Crippen LogP contribution is -2.34. The molecule has 0 amide bonds. The Morgan fingerprint density at radius 2 is 2.19 bits per heavy atom. The van der Waals surface area contributed by atoms with Gasteiger partial charge in [-0.25, -0.2) is 0 Å². The Hall–Kier alpha value is -0.410. The largest absolute Gasteiger partial charge is 0.472 e. The molecule has 3 heteroatoms. The molecule has 16 heavy (non-hydrogen) atoms. The van der Waals surface area contributed by atoms with Gasteiger partial charge >= 0.3 is 0 Å². The highest BCUT2D eigenvalue weighted by Gasteiger charge is 2.15. The summed E-state index contributed by atoms with van der Waals surface area (Å²) in [6.45, 7) is 9.97. The van der Waals surface area contributed by atoms with E-state index in [9.17, 15) is 0 Å². The Kier molecular flexibility index (Phi) is 5.42. The van der Waals surface area contributed by atoms with Crippen LogP contribution < -0.4 is 5.32 Å². The van der Waals surface area contributed by atoms with Crippen LogP contribution in [0.3, 0.4) is 0 Å². The molecule has 1 heterocycles. The monoisotopic (exact) mass is 241 g/mol. The van der Waals surface area contributed by atoms with Crippen molar-refractivity contribution in [1.29, 1.82) is 0 Å². The fraction of sp³-hybridized carbons (Fsp3) is 0.692. The van der Waals surface area contributed by atoms with Crippen molar-refractivity contribution in [2.75, 3.05) is 12.3 Å². The van der Waals surface area contributed by atoms with Gasteiger partial charge in [0.1, 0.15) is 0 Å². The summed E-state index contributed by atoms with van der Waals surface area (Å²) in [6.07, 6.45) is 4.63. The quantitative estimate of drug-likeness (QED) is 0.827. The van der Waals surface area contributed by atoms with Gasteiger partial charge < -0.3 is 9.73 Å². The van der Waals surface area contributed by atoms with E-state index in [1.54, 1.807) is 6.26 Å². The van der Waals surface area contributed by atoms with Crippen molar-refractivity contribution in [2.45, 2.75) is 44.9 Å². The molecule has 0 radical (unpaired) electrons. The molecule has 0 aliphatic heterocycles. The molecule has 1 aromatic rings. The third-order valence-corrected chi connectivity index (χ3v) is 3.71. The smallest absolute Gasteiger partial charge is 0.0935 e. The van der Waals surface area contributed by atoms with E-state index in [2.05, 4.69) is 33.0 Å². The minimum atomic E-state index is 0.337. The first-order chi connectivity index (χ1) is 7.51. The summed E-state index contributed by atoms with van der Waals surface area (Å²) < 4.78 is 5.44. The summed E-state index contributed by atoms with van der Waals surface area (Å²) in [5.74, 6) is 1.14. The van der Waals surface area contributed by atoms with Crippen molar-refractivity contribution < 1.29 is 4.42 Å². The van der Waals surface area contributed by atoms with Crippen LogP contribution in [0.5, 0.6) is 0 Å². The normalized spacial score (nSPS) is 14.0. The van der Waals surface area contributed by atoms with E-state index in [1.165, 1.54) is 5.56 Å². The molecule has 92 valence electrons. The Bertz CT molecular complexity index is 277. The van der Waals surface area contributed by atoms with Gasteiger partial charge in [0.2, 0.25) is 0 Å². The Balaban J connectivity index is 2.41. The highest BCUT2D eigenvalue weighted by atomic mass is 32.2. The number of rotatable bonds is 6. The van der Waals surface area contributed by atoms with Gasteiger partial charge in [-0.2, -0.15) is 11.8 Å². The van der Waals surface area contributed by atoms with E-state index in [1.807, 2.05) is 24.1 Å². The fourth-order valence-corrected chi connectivity index (χ4v) is 2.46. The molecule has 0 saturated heterocycles. The highest BCUT2D eigenvalue weighted by molar-refractivity contribution is 8.00. The zero-order valence-electron chi connectivity index (χ0n) is 10.7. The molecule has 0 spiro atoms. The van der Waals surface area contributed by atoms with E-state index in [0.29, 0.717) is 10.8 Å². The predicted octanol–water partition coefficient (Wildman–Crippen LogP) is 3.33. The van der Waals surface area contributed by atoms with Crippen molar-refractivity contribution in [3.8, 4) is 0 Å². The minimum Gasteiger partial charge on any atom is -0.472 e. The van der Waals surface area contributed by atoms with Crippen molar-refractivity contribution in [2.24, 2.45) is 0 Å². The van der Waals surface area contributed by atoms with Crippen LogP contribution in [-0.4, -0.2) is 23.1 Å². The van der Waals surface area contributed by atoms with E-state index in [-0.39, 0.29) is 0 Å². The van der Waals surface area contributed by atoms with Crippen LogP contribution in [0.1, 0.15) is 33.3 Å². The molecule has 1 aromatic heterocycles. The second-order valence-electron chi connectivity index (χ2n) is 5.01. The lowest BCUT2D eigenvalue weighted by atomic mass is 10.1. The number of likely N-dealkylation sites (N-methyl/N-ethyl adjacent to an activating group) is 1. The molecule has 0 aromatic carbocycles. The van der Waals surface area contributed by atoms with Crippen LogP contribution in [0, 0.1) is 0 Å². The van der Waals surface area contributed by atoms with Crippen LogP contribution in [0.25, 0.3) is 0 Å². The lowest BCUT2D eigenvalue weighted by molar-refractivity contribution is 0.546. The molecule has 0 fully saturated rings. The first-order valence-electron chi connectivity index (χ1n) is 5.89. The van der Waals surface area contributed by atoms with Crippen molar-refractivity contribution >= 4 is 11.8 Å². The number of thioether (sulfide) groups is 1. The SMILES string of the molecule is CCNC(CSC(C)(C)C)Cc1ccoc1. The van der Waals surface area contributed by atoms with Crippen LogP contribution in [0.4, 0.5) is 0 Å². The summed E-state index contributed by atoms with van der Waals surface area (Å²) in [6, 6.07) is 2.58. The molecule has 2 nitrogen and oxygen atoms in total. The van der Waals surface area contributed by atoms with Crippen molar-refractivity contribution in [3.05, 3.63) is 24.2 Å². The van der Waals surface area contributed by atoms with Gasteiger partial charge in [-0.1, -0.05) is 27.7 Å². The summed E-state index contributed by atoms with van der Waals surface area (Å²) in [5, 5.41) is 3.53. The lowest BCUT2D eigenvalue weighted by Gasteiger charge is -2.23. The molecule has 1 N–H and O–H groups in total. The summed E-state index contributed by atoms with van der Waals surface area (Å²) in [7, 11) is 0. The maximum Gasteiger partial charge on any atom is 0.0935 e. The summed E-state index contributed by atoms with van der Waals surface area (Å²) in [4.78, 5) is 0. The number of hydrogen-bond donors (Lipinski definition) is 1. The number of nitrogens with one attached hydrogen (secondary N) is 1. The van der Waals surface area contributed by atoms with Gasteiger partial charge in [0.15, 0.2) is 0 Å². The standard InChI is InChI=1S/C13H23NOS/c1-5-14-12(10-16-13(2,3)4)8-11-6-7-15-9-11/h6-7,9,12,14H,5,8,10H2,1-4H3. The van der Waals surface area contributed by atoms with Gasteiger partial charge in [0, 0.05) is 16.5 Å². The number of furan rings is 1. The molecular formula is C13H23NOS. The van der Waals surface area contributed by atoms with Crippen LogP contribution >= 0.6 is 11.8 Å². The van der Waals surface area contributed by atoms with Gasteiger partial charge in [-0.3, -0.25) is 0 Å². The van der Waals surface area contributed by atoms with Gasteiger partial charge in [-0.05, 0) is 24.6 Å². The van der Waals surface area contributed by atoms with Crippen LogP contribution in [0.2, 0.25) is 0 Å². The molecule has 0 bridgehead atoms. The van der Waals surface area contributed by atoms with Gasteiger partial charge in [0.05, 0.1) is 12.5 Å². The third-order valence-electron chi connectivity index (χ3n) is 2.27. The van der Waals surface area contributed by atoms with Crippen molar-refractivity contribution in [3.63, 3.8) is 0 Å². The maximum absolute atomic E-state index is 5.10. The first kappa shape index (κ1) is 13.7. The van der Waals surface area contributed by atoms with Crippen molar-refractivity contribution in [1.82, 2.24) is 5.32 Å². The zero-order valence-corrected chi connectivity index (χ0v) is 11.6. The number of hydrogen-bond acceptors (Lipinski definition) is 3. The molecule has 0 aliphatic rings. The van der Waals surface area contributed by atoms with Gasteiger partial charge in [-0.15, -0.1) is 0 Å². The zero-order chi connectivity index (χ0) is 12.0. The fourth-order valence-electron chi connectivity index (χ4n) is 1.52. The maximum atomic E-state index is 5.10. The topological polar surface area (TPSA) is 25.2 Å². The van der Waals surface area contributed by atoms with Gasteiger partial charge in [0.25, 0.3) is 0 Å². The second kappa shape index (κ2) is 6.36. The second-order valence-corrected chi connectivity index (χ2v) is 6.86. The third kappa shape index (κ3) is 5.61. The molecule has 1 atom stereocenters. The Morgan fingerprint density at radius 1 is 1.44 bits per heavy atom. The molecule has 0 saturated carbocycles. The Morgan fingerprint density at radius 3 is 2.69 bits per heavy atom. The van der Waals surface area contributed by atoms with Crippen LogP contribution in [-0.2, 0) is 6.42 Å². The Labute approximate surface area is 103 Å². The van der Waals surface area contributed by atoms with Crippen LogP contribution in [0.15, 0.2) is 23.0 Å². The minimum absolute atomic E-state index is 0.337. The summed E-state index contributed by atoms with van der Waals surface area (Å²) >= 11 is 2.01. The average Bonchev–Trinajstić information content (AvgIpc) is 2.66. The first-order valence-corrected chi connectivity index (χ1v) is 6.88. The highest BCUT2D eigenvalue weighted by Crippen LogP contribution is 2.24. The van der Waals surface area contributed by atoms with E-state index >= 15 is 0 Å². The molecule has 1 unspecified atom stereocenters. The molecule has 0 aliphatic carbocycles. The molecular weight excluding hydrogens is 218 g/mol. The summed E-state index contributed by atoms with van der Waals surface area (Å²) in [5.41, 5.74) is 1.28. The average molecular weight is 241 g/mol.